The molecule has 0 unspecified atom stereocenters. The molecule has 2 N–H and O–H groups in total. The van der Waals surface area contributed by atoms with Crippen LogP contribution in [-0.2, 0) is 14.8 Å². The SMILES string of the molecule is CCOCCCNS(=O)(=O)c1ccc(O)cc1. The predicted molar refractivity (Wildman–Crippen MR) is 64.4 cm³/mol. The molecule has 0 aromatic heterocycles. The Bertz CT molecular complexity index is 427. The Labute approximate surface area is 101 Å². The normalized spacial score (nSPS) is 11.6. The quantitative estimate of drug-likeness (QED) is 0.719. The van der Waals surface area contributed by atoms with E-state index in [0.29, 0.717) is 26.2 Å². The van der Waals surface area contributed by atoms with Crippen LogP contribution in [0.25, 0.3) is 0 Å². The standard InChI is InChI=1S/C11H17NO4S/c1-2-16-9-3-8-12-17(14,15)11-6-4-10(13)5-7-11/h4-7,12-13H,2-3,8-9H2,1H3. The van der Waals surface area contributed by atoms with Gasteiger partial charge in [-0.05, 0) is 37.6 Å². The zero-order valence-corrected chi connectivity index (χ0v) is 10.5. The Morgan fingerprint density at radius 2 is 1.94 bits per heavy atom. The Morgan fingerprint density at radius 1 is 1.29 bits per heavy atom. The number of benzene rings is 1. The van der Waals surface area contributed by atoms with E-state index in [0.717, 1.165) is 0 Å². The number of hydrogen-bond acceptors (Lipinski definition) is 4. The minimum Gasteiger partial charge on any atom is -0.508 e. The van der Waals surface area contributed by atoms with Crippen LogP contribution < -0.4 is 4.72 Å². The molecule has 0 radical (unpaired) electrons. The van der Waals surface area contributed by atoms with Gasteiger partial charge in [0.15, 0.2) is 0 Å². The van der Waals surface area contributed by atoms with Crippen LogP contribution in [0.5, 0.6) is 5.75 Å². The summed E-state index contributed by atoms with van der Waals surface area (Å²) in [5, 5.41) is 9.06. The van der Waals surface area contributed by atoms with Crippen molar-refractivity contribution in [2.24, 2.45) is 0 Å². The van der Waals surface area contributed by atoms with E-state index in [-0.39, 0.29) is 10.6 Å². The molecule has 0 spiro atoms. The van der Waals surface area contributed by atoms with Gasteiger partial charge < -0.3 is 9.84 Å². The second-order valence-electron chi connectivity index (χ2n) is 3.44. The van der Waals surface area contributed by atoms with Gasteiger partial charge in [-0.25, -0.2) is 13.1 Å². The molecule has 1 rings (SSSR count). The molecular weight excluding hydrogens is 242 g/mol. The fourth-order valence-electron chi connectivity index (χ4n) is 1.23. The van der Waals surface area contributed by atoms with Crippen LogP contribution in [0.15, 0.2) is 29.2 Å². The van der Waals surface area contributed by atoms with Gasteiger partial charge in [0.2, 0.25) is 10.0 Å². The fraction of sp³-hybridized carbons (Fsp3) is 0.455. The molecule has 0 fully saturated rings. The first-order valence-electron chi connectivity index (χ1n) is 5.42. The Hall–Kier alpha value is -1.11. The summed E-state index contributed by atoms with van der Waals surface area (Å²) in [4.78, 5) is 0.145. The molecule has 0 aliphatic rings. The van der Waals surface area contributed by atoms with Crippen molar-refractivity contribution in [1.82, 2.24) is 4.72 Å². The van der Waals surface area contributed by atoms with Crippen molar-refractivity contribution >= 4 is 10.0 Å². The van der Waals surface area contributed by atoms with Crippen LogP contribution in [0.3, 0.4) is 0 Å². The highest BCUT2D eigenvalue weighted by atomic mass is 32.2. The van der Waals surface area contributed by atoms with Gasteiger partial charge in [0.05, 0.1) is 4.90 Å². The third kappa shape index (κ3) is 4.72. The lowest BCUT2D eigenvalue weighted by Gasteiger charge is -2.06. The first-order valence-corrected chi connectivity index (χ1v) is 6.91. The smallest absolute Gasteiger partial charge is 0.240 e. The zero-order chi connectivity index (χ0) is 12.7. The summed E-state index contributed by atoms with van der Waals surface area (Å²) in [7, 11) is -3.48. The minimum absolute atomic E-state index is 0.0419. The largest absolute Gasteiger partial charge is 0.508 e. The monoisotopic (exact) mass is 259 g/mol. The first-order chi connectivity index (χ1) is 8.06. The molecule has 0 atom stereocenters. The molecule has 0 saturated carbocycles. The van der Waals surface area contributed by atoms with Crippen LogP contribution in [0.4, 0.5) is 0 Å². The van der Waals surface area contributed by atoms with Crippen molar-refractivity contribution in [1.29, 1.82) is 0 Å². The van der Waals surface area contributed by atoms with E-state index < -0.39 is 10.0 Å². The van der Waals surface area contributed by atoms with Gasteiger partial charge >= 0.3 is 0 Å². The van der Waals surface area contributed by atoms with Gasteiger partial charge in [-0.2, -0.15) is 0 Å². The molecule has 6 heteroatoms. The molecule has 0 bridgehead atoms. The van der Waals surface area contributed by atoms with E-state index in [9.17, 15) is 8.42 Å². The highest BCUT2D eigenvalue weighted by Gasteiger charge is 2.12. The number of sulfonamides is 1. The van der Waals surface area contributed by atoms with Crippen molar-refractivity contribution in [2.75, 3.05) is 19.8 Å². The third-order valence-electron chi connectivity index (χ3n) is 2.11. The minimum atomic E-state index is -3.48. The lowest BCUT2D eigenvalue weighted by molar-refractivity contribution is 0.146. The van der Waals surface area contributed by atoms with Gasteiger partial charge in [-0.1, -0.05) is 0 Å². The van der Waals surface area contributed by atoms with E-state index in [2.05, 4.69) is 4.72 Å². The molecule has 1 aromatic rings. The molecule has 0 amide bonds. The molecule has 17 heavy (non-hydrogen) atoms. The number of phenols is 1. The second kappa shape index (κ2) is 6.58. The van der Waals surface area contributed by atoms with E-state index in [1.165, 1.54) is 24.3 Å². The predicted octanol–water partition coefficient (Wildman–Crippen LogP) is 1.10. The van der Waals surface area contributed by atoms with Gasteiger partial charge in [-0.15, -0.1) is 0 Å². The number of aromatic hydroxyl groups is 1. The summed E-state index contributed by atoms with van der Waals surface area (Å²) in [5.41, 5.74) is 0. The van der Waals surface area contributed by atoms with E-state index in [1.807, 2.05) is 6.92 Å². The van der Waals surface area contributed by atoms with Crippen LogP contribution in [0.2, 0.25) is 0 Å². The number of hydrogen-bond donors (Lipinski definition) is 2. The van der Waals surface area contributed by atoms with Crippen LogP contribution in [0, 0.1) is 0 Å². The summed E-state index contributed by atoms with van der Waals surface area (Å²) in [5.74, 6) is 0.0419. The lowest BCUT2D eigenvalue weighted by Crippen LogP contribution is -2.25. The van der Waals surface area contributed by atoms with E-state index >= 15 is 0 Å². The van der Waals surface area contributed by atoms with Crippen molar-refractivity contribution in [3.63, 3.8) is 0 Å². The van der Waals surface area contributed by atoms with Gasteiger partial charge in [0, 0.05) is 19.8 Å². The van der Waals surface area contributed by atoms with Crippen LogP contribution >= 0.6 is 0 Å². The number of phenolic OH excluding ortho intramolecular Hbond substituents is 1. The topological polar surface area (TPSA) is 75.6 Å². The average molecular weight is 259 g/mol. The molecule has 96 valence electrons. The number of nitrogens with one attached hydrogen (secondary N) is 1. The fourth-order valence-corrected chi connectivity index (χ4v) is 2.31. The second-order valence-corrected chi connectivity index (χ2v) is 5.21. The zero-order valence-electron chi connectivity index (χ0n) is 9.72. The van der Waals surface area contributed by atoms with Gasteiger partial charge in [0.1, 0.15) is 5.75 Å². The third-order valence-corrected chi connectivity index (χ3v) is 3.59. The molecule has 0 heterocycles. The molecular formula is C11H17NO4S. The van der Waals surface area contributed by atoms with E-state index in [1.54, 1.807) is 0 Å². The molecule has 0 saturated heterocycles. The maximum Gasteiger partial charge on any atom is 0.240 e. The van der Waals surface area contributed by atoms with Crippen LogP contribution in [-0.4, -0.2) is 33.3 Å². The Balaban J connectivity index is 2.48. The summed E-state index contributed by atoms with van der Waals surface area (Å²) in [6, 6.07) is 5.41. The summed E-state index contributed by atoms with van der Waals surface area (Å²) >= 11 is 0. The molecule has 5 nitrogen and oxygen atoms in total. The maximum absolute atomic E-state index is 11.7. The van der Waals surface area contributed by atoms with Crippen molar-refractivity contribution < 1.29 is 18.3 Å². The highest BCUT2D eigenvalue weighted by Crippen LogP contribution is 2.13. The summed E-state index contributed by atoms with van der Waals surface area (Å²) in [6.45, 7) is 3.39. The Kier molecular flexibility index (Phi) is 5.40. The Morgan fingerprint density at radius 3 is 2.53 bits per heavy atom. The maximum atomic E-state index is 11.7. The average Bonchev–Trinajstić information content (AvgIpc) is 2.29. The van der Waals surface area contributed by atoms with Gasteiger partial charge in [0.25, 0.3) is 0 Å². The van der Waals surface area contributed by atoms with Crippen molar-refractivity contribution in [2.45, 2.75) is 18.2 Å². The van der Waals surface area contributed by atoms with E-state index in [4.69, 9.17) is 9.84 Å². The molecule has 1 aromatic carbocycles. The number of rotatable bonds is 7. The van der Waals surface area contributed by atoms with Crippen LogP contribution in [0.1, 0.15) is 13.3 Å². The lowest BCUT2D eigenvalue weighted by atomic mass is 10.3. The number of ether oxygens (including phenoxy) is 1. The molecule has 0 aliphatic carbocycles. The highest BCUT2D eigenvalue weighted by molar-refractivity contribution is 7.89. The summed E-state index contributed by atoms with van der Waals surface area (Å²) in [6.07, 6.45) is 0.630. The van der Waals surface area contributed by atoms with Crippen molar-refractivity contribution in [3.8, 4) is 5.75 Å². The summed E-state index contributed by atoms with van der Waals surface area (Å²) < 4.78 is 31.1. The van der Waals surface area contributed by atoms with Crippen molar-refractivity contribution in [3.05, 3.63) is 24.3 Å². The molecule has 0 aliphatic heterocycles. The first kappa shape index (κ1) is 14.0. The van der Waals surface area contributed by atoms with Gasteiger partial charge in [-0.3, -0.25) is 0 Å².